The molecule has 0 radical (unpaired) electrons. The van der Waals surface area contributed by atoms with Gasteiger partial charge in [-0.1, -0.05) is 19.9 Å². The van der Waals surface area contributed by atoms with Gasteiger partial charge in [0, 0.05) is 5.57 Å². The molecule has 4 rings (SSSR count). The standard InChI is InChI=1S/C20H28O3/c1-19-9-7-12(18(22)23)11-13(19)3-4-14-15-5-6-17(21)20(15,2)10-8-16(14)19/h3,11,14-17,21H,4-10H2,1-2H3,(H,22,23)/t14-,15-,16-,17-,19-,20-/m0/s1. The van der Waals surface area contributed by atoms with Crippen LogP contribution in [0, 0.1) is 28.6 Å². The maximum absolute atomic E-state index is 11.3. The van der Waals surface area contributed by atoms with Gasteiger partial charge in [-0.05, 0) is 85.2 Å². The molecule has 3 nitrogen and oxygen atoms in total. The number of aliphatic hydroxyl groups excluding tert-OH is 1. The highest BCUT2D eigenvalue weighted by Gasteiger charge is 2.58. The molecule has 0 saturated heterocycles. The third-order valence-electron chi connectivity index (χ3n) is 7.99. The minimum Gasteiger partial charge on any atom is -0.478 e. The zero-order chi connectivity index (χ0) is 16.4. The van der Waals surface area contributed by atoms with E-state index in [1.54, 1.807) is 0 Å². The van der Waals surface area contributed by atoms with E-state index in [0.29, 0.717) is 29.7 Å². The van der Waals surface area contributed by atoms with Gasteiger partial charge in [0.15, 0.2) is 0 Å². The van der Waals surface area contributed by atoms with Crippen molar-refractivity contribution >= 4 is 5.97 Å². The molecule has 2 fully saturated rings. The van der Waals surface area contributed by atoms with Crippen molar-refractivity contribution in [3.8, 4) is 0 Å². The average molecular weight is 316 g/mol. The minimum atomic E-state index is -0.759. The first-order chi connectivity index (χ1) is 10.9. The highest BCUT2D eigenvalue weighted by molar-refractivity contribution is 5.87. The summed E-state index contributed by atoms with van der Waals surface area (Å²) in [5.41, 5.74) is 2.09. The van der Waals surface area contributed by atoms with E-state index in [0.717, 1.165) is 32.1 Å². The summed E-state index contributed by atoms with van der Waals surface area (Å²) >= 11 is 0. The largest absolute Gasteiger partial charge is 0.478 e. The topological polar surface area (TPSA) is 57.5 Å². The lowest BCUT2D eigenvalue weighted by atomic mass is 9.48. The summed E-state index contributed by atoms with van der Waals surface area (Å²) in [7, 11) is 0. The summed E-state index contributed by atoms with van der Waals surface area (Å²) < 4.78 is 0. The van der Waals surface area contributed by atoms with Crippen LogP contribution < -0.4 is 0 Å². The molecule has 4 aliphatic carbocycles. The number of hydrogen-bond acceptors (Lipinski definition) is 2. The first kappa shape index (κ1) is 15.4. The van der Waals surface area contributed by atoms with Gasteiger partial charge >= 0.3 is 5.97 Å². The van der Waals surface area contributed by atoms with Crippen LogP contribution in [0.25, 0.3) is 0 Å². The van der Waals surface area contributed by atoms with Gasteiger partial charge in [-0.25, -0.2) is 4.79 Å². The molecule has 4 aliphatic rings. The molecule has 2 saturated carbocycles. The van der Waals surface area contributed by atoms with E-state index >= 15 is 0 Å². The molecule has 0 bridgehead atoms. The Morgan fingerprint density at radius 1 is 1.17 bits per heavy atom. The van der Waals surface area contributed by atoms with Crippen molar-refractivity contribution in [2.45, 2.75) is 64.9 Å². The van der Waals surface area contributed by atoms with Crippen LogP contribution in [0.3, 0.4) is 0 Å². The van der Waals surface area contributed by atoms with E-state index in [2.05, 4.69) is 19.9 Å². The molecule has 23 heavy (non-hydrogen) atoms. The van der Waals surface area contributed by atoms with Gasteiger partial charge in [-0.15, -0.1) is 0 Å². The normalized spacial score (nSPS) is 48.7. The van der Waals surface area contributed by atoms with E-state index in [4.69, 9.17) is 0 Å². The van der Waals surface area contributed by atoms with Crippen LogP contribution >= 0.6 is 0 Å². The Hall–Kier alpha value is -1.09. The SMILES string of the molecule is C[C@]12CC[C@H]3[C@@H](CC=C4C=C(C(=O)O)CC[C@@]43C)[C@@H]1CC[C@@H]2O. The second-order valence-corrected chi connectivity index (χ2v) is 8.80. The van der Waals surface area contributed by atoms with Gasteiger partial charge in [0.25, 0.3) is 0 Å². The number of carboxylic acids is 1. The predicted molar refractivity (Wildman–Crippen MR) is 88.8 cm³/mol. The monoisotopic (exact) mass is 316 g/mol. The molecule has 0 aromatic heterocycles. The number of carbonyl (C=O) groups is 1. The van der Waals surface area contributed by atoms with E-state index in [1.165, 1.54) is 12.0 Å². The van der Waals surface area contributed by atoms with E-state index in [9.17, 15) is 15.0 Å². The molecule has 0 aromatic rings. The Bertz CT molecular complexity index is 604. The molecule has 3 heteroatoms. The number of fused-ring (bicyclic) bond motifs is 5. The maximum atomic E-state index is 11.3. The second-order valence-electron chi connectivity index (χ2n) is 8.80. The molecular weight excluding hydrogens is 288 g/mol. The second kappa shape index (κ2) is 4.95. The van der Waals surface area contributed by atoms with Crippen molar-refractivity contribution in [1.29, 1.82) is 0 Å². The maximum Gasteiger partial charge on any atom is 0.331 e. The van der Waals surface area contributed by atoms with Crippen LogP contribution in [0.1, 0.15) is 58.8 Å². The van der Waals surface area contributed by atoms with Gasteiger partial charge in [0.1, 0.15) is 0 Å². The predicted octanol–water partition coefficient (Wildman–Crippen LogP) is 3.93. The summed E-state index contributed by atoms with van der Waals surface area (Å²) in [6, 6.07) is 0. The highest BCUT2D eigenvalue weighted by Crippen LogP contribution is 2.64. The van der Waals surface area contributed by atoms with Crippen molar-refractivity contribution in [2.24, 2.45) is 28.6 Å². The van der Waals surface area contributed by atoms with Crippen molar-refractivity contribution in [3.63, 3.8) is 0 Å². The Labute approximate surface area is 138 Å². The van der Waals surface area contributed by atoms with Crippen LogP contribution in [0.15, 0.2) is 23.3 Å². The summed E-state index contributed by atoms with van der Waals surface area (Å²) in [5, 5.41) is 19.8. The van der Waals surface area contributed by atoms with Crippen LogP contribution in [-0.4, -0.2) is 22.3 Å². The van der Waals surface area contributed by atoms with Crippen molar-refractivity contribution in [1.82, 2.24) is 0 Å². The molecule has 2 N–H and O–H groups in total. The number of aliphatic carboxylic acids is 1. The van der Waals surface area contributed by atoms with Gasteiger partial charge < -0.3 is 10.2 Å². The summed E-state index contributed by atoms with van der Waals surface area (Å²) in [4.78, 5) is 11.3. The van der Waals surface area contributed by atoms with Crippen LogP contribution in [0.5, 0.6) is 0 Å². The van der Waals surface area contributed by atoms with Gasteiger partial charge in [-0.3, -0.25) is 0 Å². The Morgan fingerprint density at radius 3 is 2.70 bits per heavy atom. The molecular formula is C20H28O3. The fraction of sp³-hybridized carbons (Fsp3) is 0.750. The lowest BCUT2D eigenvalue weighted by Crippen LogP contribution is -2.50. The van der Waals surface area contributed by atoms with Crippen LogP contribution in [-0.2, 0) is 4.79 Å². The smallest absolute Gasteiger partial charge is 0.331 e. The third kappa shape index (κ3) is 2.02. The zero-order valence-electron chi connectivity index (χ0n) is 14.2. The lowest BCUT2D eigenvalue weighted by Gasteiger charge is -2.56. The van der Waals surface area contributed by atoms with Crippen molar-refractivity contribution in [2.75, 3.05) is 0 Å². The quantitative estimate of drug-likeness (QED) is 0.770. The molecule has 6 atom stereocenters. The Morgan fingerprint density at radius 2 is 1.96 bits per heavy atom. The van der Waals surface area contributed by atoms with Gasteiger partial charge in [0.05, 0.1) is 6.10 Å². The summed E-state index contributed by atoms with van der Waals surface area (Å²) in [5.74, 6) is 1.19. The number of carboxylic acid groups (broad SMARTS) is 1. The number of hydrogen-bond donors (Lipinski definition) is 2. The first-order valence-corrected chi connectivity index (χ1v) is 9.19. The molecule has 0 amide bonds. The van der Waals surface area contributed by atoms with Gasteiger partial charge in [-0.2, -0.15) is 0 Å². The fourth-order valence-electron chi connectivity index (χ4n) is 6.47. The van der Waals surface area contributed by atoms with Crippen molar-refractivity contribution in [3.05, 3.63) is 23.3 Å². The lowest BCUT2D eigenvalue weighted by molar-refractivity contribution is -0.133. The molecule has 0 heterocycles. The minimum absolute atomic E-state index is 0.111. The summed E-state index contributed by atoms with van der Waals surface area (Å²) in [6.07, 6.45) is 11.3. The van der Waals surface area contributed by atoms with Crippen molar-refractivity contribution < 1.29 is 15.0 Å². The zero-order valence-corrected chi connectivity index (χ0v) is 14.2. The van der Waals surface area contributed by atoms with E-state index in [1.807, 2.05) is 6.08 Å². The van der Waals surface area contributed by atoms with E-state index in [-0.39, 0.29) is 16.9 Å². The molecule has 126 valence electrons. The molecule has 0 spiro atoms. The number of aliphatic hydroxyl groups is 1. The first-order valence-electron chi connectivity index (χ1n) is 9.19. The van der Waals surface area contributed by atoms with Gasteiger partial charge in [0.2, 0.25) is 0 Å². The molecule has 0 unspecified atom stereocenters. The number of rotatable bonds is 1. The Balaban J connectivity index is 1.70. The number of allylic oxidation sites excluding steroid dienone is 3. The highest BCUT2D eigenvalue weighted by atomic mass is 16.4. The molecule has 0 aromatic carbocycles. The van der Waals surface area contributed by atoms with Crippen LogP contribution in [0.4, 0.5) is 0 Å². The Kier molecular flexibility index (Phi) is 3.32. The van der Waals surface area contributed by atoms with Crippen LogP contribution in [0.2, 0.25) is 0 Å². The molecule has 0 aliphatic heterocycles. The fourth-order valence-corrected chi connectivity index (χ4v) is 6.47. The third-order valence-corrected chi connectivity index (χ3v) is 7.99. The average Bonchev–Trinajstić information content (AvgIpc) is 2.82. The van der Waals surface area contributed by atoms with E-state index < -0.39 is 5.97 Å². The summed E-state index contributed by atoms with van der Waals surface area (Å²) in [6.45, 7) is 4.66.